The number of benzene rings is 2. The van der Waals surface area contributed by atoms with E-state index >= 15 is 0 Å². The lowest BCUT2D eigenvalue weighted by molar-refractivity contribution is -0.115. The Balaban J connectivity index is 1.59. The first-order valence-corrected chi connectivity index (χ1v) is 12.3. The lowest BCUT2D eigenvalue weighted by atomic mass is 10.2. The van der Waals surface area contributed by atoms with E-state index in [1.165, 1.54) is 11.8 Å². The molecule has 0 spiro atoms. The maximum Gasteiger partial charge on any atom is 0.237 e. The van der Waals surface area contributed by atoms with Gasteiger partial charge in [-0.15, -0.1) is 22.0 Å². The predicted molar refractivity (Wildman–Crippen MR) is 130 cm³/mol. The lowest BCUT2D eigenvalue weighted by Crippen LogP contribution is -2.23. The molecule has 0 saturated carbocycles. The van der Waals surface area contributed by atoms with Crippen molar-refractivity contribution < 1.29 is 9.21 Å². The highest BCUT2D eigenvalue weighted by atomic mass is 32.2. The molecule has 2 aromatic heterocycles. The zero-order valence-electron chi connectivity index (χ0n) is 18.1. The molecular formula is C24H24N4O2S2. The molecule has 1 atom stereocenters. The molecule has 4 rings (SSSR count). The van der Waals surface area contributed by atoms with Crippen LogP contribution in [0.3, 0.4) is 0 Å². The van der Waals surface area contributed by atoms with Crippen LogP contribution in [0.4, 0.5) is 5.69 Å². The molecule has 0 aliphatic heterocycles. The minimum absolute atomic E-state index is 0.0770. The smallest absolute Gasteiger partial charge is 0.237 e. The molecule has 0 aliphatic carbocycles. The Morgan fingerprint density at radius 2 is 1.84 bits per heavy atom. The summed E-state index contributed by atoms with van der Waals surface area (Å²) >= 11 is 3.00. The van der Waals surface area contributed by atoms with Crippen LogP contribution in [0.15, 0.2) is 81.4 Å². The summed E-state index contributed by atoms with van der Waals surface area (Å²) in [5.41, 5.74) is 2.84. The minimum Gasteiger partial charge on any atom is -0.469 e. The molecule has 1 N–H and O–H groups in total. The Bertz CT molecular complexity index is 1200. The van der Waals surface area contributed by atoms with Crippen LogP contribution < -0.4 is 5.32 Å². The fourth-order valence-corrected chi connectivity index (χ4v) is 4.70. The summed E-state index contributed by atoms with van der Waals surface area (Å²) in [5, 5.41) is 12.2. The number of carbonyl (C=O) groups excluding carboxylic acids is 1. The number of nitrogens with one attached hydrogen (secondary N) is 1. The van der Waals surface area contributed by atoms with Gasteiger partial charge in [0.1, 0.15) is 5.76 Å². The van der Waals surface area contributed by atoms with E-state index in [0.29, 0.717) is 11.7 Å². The summed E-state index contributed by atoms with van der Waals surface area (Å²) in [6.45, 7) is 4.38. The lowest BCUT2D eigenvalue weighted by Gasteiger charge is -2.15. The van der Waals surface area contributed by atoms with Crippen LogP contribution in [-0.4, -0.2) is 32.2 Å². The molecule has 0 radical (unpaired) electrons. The van der Waals surface area contributed by atoms with Crippen LogP contribution in [0.1, 0.15) is 18.2 Å². The number of anilines is 1. The van der Waals surface area contributed by atoms with E-state index < -0.39 is 0 Å². The number of nitrogens with zero attached hydrogens (tertiary/aromatic N) is 3. The Morgan fingerprint density at radius 3 is 2.56 bits per heavy atom. The molecule has 164 valence electrons. The number of carbonyl (C=O) groups is 1. The van der Waals surface area contributed by atoms with Gasteiger partial charge in [0.2, 0.25) is 5.91 Å². The molecule has 1 amide bonds. The number of aryl methyl sites for hydroxylation is 1. The summed E-state index contributed by atoms with van der Waals surface area (Å²) in [7, 11) is 0. The molecule has 2 heterocycles. The molecule has 8 heteroatoms. The Kier molecular flexibility index (Phi) is 7.02. The number of aromatic nitrogens is 3. The third-order valence-electron chi connectivity index (χ3n) is 5.02. The average molecular weight is 465 g/mol. The van der Waals surface area contributed by atoms with Crippen LogP contribution in [-0.2, 0) is 11.3 Å². The monoisotopic (exact) mass is 464 g/mol. The van der Waals surface area contributed by atoms with Crippen molar-refractivity contribution in [3.8, 4) is 11.4 Å². The van der Waals surface area contributed by atoms with Gasteiger partial charge in [-0.1, -0.05) is 54.2 Å². The predicted octanol–water partition coefficient (Wildman–Crippen LogP) is 5.74. The van der Waals surface area contributed by atoms with E-state index in [1.54, 1.807) is 18.0 Å². The van der Waals surface area contributed by atoms with Crippen molar-refractivity contribution in [2.45, 2.75) is 35.7 Å². The largest absolute Gasteiger partial charge is 0.469 e. The topological polar surface area (TPSA) is 73.0 Å². The van der Waals surface area contributed by atoms with Crippen LogP contribution in [0.5, 0.6) is 0 Å². The second-order valence-electron chi connectivity index (χ2n) is 7.22. The summed E-state index contributed by atoms with van der Waals surface area (Å²) in [5.74, 6) is 1.43. The van der Waals surface area contributed by atoms with Gasteiger partial charge in [0.05, 0.1) is 29.3 Å². The summed E-state index contributed by atoms with van der Waals surface area (Å²) < 4.78 is 7.53. The fraction of sp³-hybridized carbons (Fsp3) is 0.208. The third-order valence-corrected chi connectivity index (χ3v) is 6.89. The van der Waals surface area contributed by atoms with Gasteiger partial charge in [-0.3, -0.25) is 9.36 Å². The van der Waals surface area contributed by atoms with Gasteiger partial charge in [0.15, 0.2) is 11.0 Å². The highest BCUT2D eigenvalue weighted by molar-refractivity contribution is 8.00. The van der Waals surface area contributed by atoms with E-state index in [-0.39, 0.29) is 11.2 Å². The first-order valence-electron chi connectivity index (χ1n) is 10.2. The van der Waals surface area contributed by atoms with E-state index in [2.05, 4.69) is 27.6 Å². The molecular weight excluding hydrogens is 440 g/mol. The summed E-state index contributed by atoms with van der Waals surface area (Å²) in [4.78, 5) is 14.0. The molecule has 1 unspecified atom stereocenters. The normalized spacial score (nSPS) is 12.0. The quantitative estimate of drug-likeness (QED) is 0.336. The standard InChI is InChI=1S/C24H24N4O2S2/c1-16-19(13-14-30-16)22-26-27-24(28(22)15-18-9-5-4-6-10-18)32-17(2)23(29)25-20-11-7-8-12-21(20)31-3/h4-14,17H,15H2,1-3H3,(H,25,29). The average Bonchev–Trinajstić information content (AvgIpc) is 3.40. The van der Waals surface area contributed by atoms with Crippen molar-refractivity contribution in [2.75, 3.05) is 11.6 Å². The highest BCUT2D eigenvalue weighted by Crippen LogP contribution is 2.31. The van der Waals surface area contributed by atoms with Crippen molar-refractivity contribution in [2.24, 2.45) is 0 Å². The van der Waals surface area contributed by atoms with Crippen molar-refractivity contribution in [1.82, 2.24) is 14.8 Å². The van der Waals surface area contributed by atoms with E-state index in [0.717, 1.165) is 33.3 Å². The zero-order valence-corrected chi connectivity index (χ0v) is 19.7. The van der Waals surface area contributed by atoms with Crippen molar-refractivity contribution in [3.05, 3.63) is 78.3 Å². The number of furan rings is 1. The SMILES string of the molecule is CSc1ccccc1NC(=O)C(C)Sc1nnc(-c2ccoc2C)n1Cc1ccccc1. The molecule has 0 bridgehead atoms. The van der Waals surface area contributed by atoms with Crippen LogP contribution in [0, 0.1) is 6.92 Å². The number of hydrogen-bond acceptors (Lipinski definition) is 6. The van der Waals surface area contributed by atoms with E-state index in [1.807, 2.05) is 73.2 Å². The molecule has 32 heavy (non-hydrogen) atoms. The maximum atomic E-state index is 12.9. The number of hydrogen-bond donors (Lipinski definition) is 1. The van der Waals surface area contributed by atoms with Crippen LogP contribution >= 0.6 is 23.5 Å². The number of amides is 1. The van der Waals surface area contributed by atoms with E-state index in [9.17, 15) is 4.79 Å². The number of rotatable bonds is 8. The molecule has 4 aromatic rings. The zero-order chi connectivity index (χ0) is 22.5. The summed E-state index contributed by atoms with van der Waals surface area (Å²) in [6, 6.07) is 19.8. The first-order chi connectivity index (χ1) is 15.6. The van der Waals surface area contributed by atoms with Gasteiger partial charge in [-0.05, 0) is 43.9 Å². The van der Waals surface area contributed by atoms with E-state index in [4.69, 9.17) is 4.42 Å². The van der Waals surface area contributed by atoms with Crippen molar-refractivity contribution in [3.63, 3.8) is 0 Å². The first kappa shape index (κ1) is 22.2. The van der Waals surface area contributed by atoms with Crippen molar-refractivity contribution in [1.29, 1.82) is 0 Å². The second-order valence-corrected chi connectivity index (χ2v) is 9.37. The van der Waals surface area contributed by atoms with Crippen LogP contribution in [0.2, 0.25) is 0 Å². The number of para-hydroxylation sites is 1. The Morgan fingerprint density at radius 1 is 1.09 bits per heavy atom. The molecule has 6 nitrogen and oxygen atoms in total. The molecule has 0 saturated heterocycles. The summed E-state index contributed by atoms with van der Waals surface area (Å²) in [6.07, 6.45) is 3.65. The van der Waals surface area contributed by atoms with Crippen LogP contribution in [0.25, 0.3) is 11.4 Å². The van der Waals surface area contributed by atoms with Gasteiger partial charge in [0.25, 0.3) is 0 Å². The Labute approximate surface area is 195 Å². The van der Waals surface area contributed by atoms with Gasteiger partial charge < -0.3 is 9.73 Å². The molecule has 2 aromatic carbocycles. The van der Waals surface area contributed by atoms with Crippen molar-refractivity contribution >= 4 is 35.1 Å². The maximum absolute atomic E-state index is 12.9. The molecule has 0 fully saturated rings. The second kappa shape index (κ2) is 10.1. The fourth-order valence-electron chi connectivity index (χ4n) is 3.29. The van der Waals surface area contributed by atoms with Gasteiger partial charge in [-0.2, -0.15) is 0 Å². The third kappa shape index (κ3) is 4.92. The Hall–Kier alpha value is -2.97. The highest BCUT2D eigenvalue weighted by Gasteiger charge is 2.23. The number of thioether (sulfide) groups is 2. The van der Waals surface area contributed by atoms with Gasteiger partial charge in [-0.25, -0.2) is 0 Å². The molecule has 0 aliphatic rings. The van der Waals surface area contributed by atoms with Gasteiger partial charge >= 0.3 is 0 Å². The van der Waals surface area contributed by atoms with Gasteiger partial charge in [0, 0.05) is 4.90 Å². The minimum atomic E-state index is -0.359.